The van der Waals surface area contributed by atoms with Gasteiger partial charge >= 0.3 is 0 Å². The largest absolute Gasteiger partial charge is 0.472 e. The Labute approximate surface area is 155 Å². The van der Waals surface area contributed by atoms with Gasteiger partial charge in [0.1, 0.15) is 12.0 Å². The molecule has 0 aliphatic carbocycles. The number of nitrogens with zero attached hydrogens (tertiary/aromatic N) is 5. The van der Waals surface area contributed by atoms with Crippen molar-refractivity contribution in [2.45, 2.75) is 6.61 Å². The molecule has 2 N–H and O–H groups in total. The van der Waals surface area contributed by atoms with Crippen LogP contribution in [0.25, 0.3) is 16.7 Å². The molecule has 1 aromatic carbocycles. The number of aliphatic hydroxyl groups excluding tert-OH is 1. The summed E-state index contributed by atoms with van der Waals surface area (Å²) in [6.45, 7) is 0.647. The Bertz CT molecular complexity index is 1020. The van der Waals surface area contributed by atoms with Crippen LogP contribution < -0.4 is 10.1 Å². The van der Waals surface area contributed by atoms with Crippen molar-refractivity contribution in [1.29, 1.82) is 0 Å². The van der Waals surface area contributed by atoms with Crippen molar-refractivity contribution in [1.82, 2.24) is 24.7 Å². The average Bonchev–Trinajstić information content (AvgIpc) is 3.16. The predicted octanol–water partition coefficient (Wildman–Crippen LogP) is 2.19. The molecule has 0 amide bonds. The molecule has 3 aromatic heterocycles. The lowest BCUT2D eigenvalue weighted by atomic mass is 10.3. The standard InChI is InChI=1S/C19H18N6O2/c26-10-9-21-19-23-17-16(12-22-25(17)15-6-2-1-3-7-15)18(24-19)27-13-14-5-4-8-20-11-14/h1-8,11-12,26H,9-10,13H2,(H,21,23,24). The highest BCUT2D eigenvalue weighted by molar-refractivity contribution is 5.82. The molecule has 4 rings (SSSR count). The zero-order chi connectivity index (χ0) is 18.5. The number of pyridine rings is 1. The highest BCUT2D eigenvalue weighted by atomic mass is 16.5. The number of hydrogen-bond acceptors (Lipinski definition) is 7. The number of aromatic nitrogens is 5. The highest BCUT2D eigenvalue weighted by Gasteiger charge is 2.15. The first-order valence-corrected chi connectivity index (χ1v) is 8.53. The molecule has 136 valence electrons. The minimum Gasteiger partial charge on any atom is -0.472 e. The van der Waals surface area contributed by atoms with Crippen LogP contribution >= 0.6 is 0 Å². The number of hydrogen-bond donors (Lipinski definition) is 2. The molecule has 4 aromatic rings. The molecular formula is C19H18N6O2. The summed E-state index contributed by atoms with van der Waals surface area (Å²) in [5, 5.41) is 17.2. The number of anilines is 1. The van der Waals surface area contributed by atoms with Crippen molar-refractivity contribution in [3.8, 4) is 11.6 Å². The van der Waals surface area contributed by atoms with E-state index in [-0.39, 0.29) is 6.61 Å². The fourth-order valence-corrected chi connectivity index (χ4v) is 2.63. The number of benzene rings is 1. The Kier molecular flexibility index (Phi) is 4.88. The van der Waals surface area contributed by atoms with Gasteiger partial charge in [-0.1, -0.05) is 24.3 Å². The number of para-hydroxylation sites is 1. The Morgan fingerprint density at radius 3 is 2.70 bits per heavy atom. The van der Waals surface area contributed by atoms with Crippen LogP contribution in [0, 0.1) is 0 Å². The third kappa shape index (κ3) is 3.70. The molecule has 0 saturated heterocycles. The van der Waals surface area contributed by atoms with Gasteiger partial charge in [-0.25, -0.2) is 4.68 Å². The second-order valence-electron chi connectivity index (χ2n) is 5.78. The summed E-state index contributed by atoms with van der Waals surface area (Å²) in [6, 6.07) is 13.5. The van der Waals surface area contributed by atoms with Crippen LogP contribution in [0.5, 0.6) is 5.88 Å². The maximum atomic E-state index is 9.08. The van der Waals surface area contributed by atoms with Gasteiger partial charge in [-0.15, -0.1) is 0 Å². The molecule has 0 aliphatic rings. The summed E-state index contributed by atoms with van der Waals surface area (Å²) in [5.74, 6) is 0.793. The summed E-state index contributed by atoms with van der Waals surface area (Å²) in [7, 11) is 0. The molecule has 3 heterocycles. The fourth-order valence-electron chi connectivity index (χ4n) is 2.63. The lowest BCUT2D eigenvalue weighted by molar-refractivity contribution is 0.297. The van der Waals surface area contributed by atoms with E-state index < -0.39 is 0 Å². The molecule has 8 nitrogen and oxygen atoms in total. The number of rotatable bonds is 7. The smallest absolute Gasteiger partial charge is 0.229 e. The summed E-state index contributed by atoms with van der Waals surface area (Å²) in [4.78, 5) is 13.1. The SMILES string of the molecule is OCCNc1nc(OCc2cccnc2)c2cnn(-c3ccccc3)c2n1. The molecule has 0 saturated carbocycles. The van der Waals surface area contributed by atoms with E-state index in [0.29, 0.717) is 36.0 Å². The van der Waals surface area contributed by atoms with Crippen molar-refractivity contribution < 1.29 is 9.84 Å². The Hall–Kier alpha value is -3.52. The van der Waals surface area contributed by atoms with E-state index in [1.54, 1.807) is 23.3 Å². The summed E-state index contributed by atoms with van der Waals surface area (Å²) >= 11 is 0. The second-order valence-corrected chi connectivity index (χ2v) is 5.78. The molecule has 0 unspecified atom stereocenters. The van der Waals surface area contributed by atoms with Gasteiger partial charge in [-0.3, -0.25) is 4.98 Å². The second kappa shape index (κ2) is 7.79. The molecule has 0 radical (unpaired) electrons. The van der Waals surface area contributed by atoms with Crippen LogP contribution in [-0.4, -0.2) is 43.0 Å². The van der Waals surface area contributed by atoms with Gasteiger partial charge in [0.15, 0.2) is 5.65 Å². The van der Waals surface area contributed by atoms with Gasteiger partial charge in [0.25, 0.3) is 0 Å². The van der Waals surface area contributed by atoms with Gasteiger partial charge in [0.05, 0.1) is 18.5 Å². The molecule has 0 bridgehead atoms. The molecule has 0 atom stereocenters. The Morgan fingerprint density at radius 1 is 1.04 bits per heavy atom. The first-order valence-electron chi connectivity index (χ1n) is 8.53. The predicted molar refractivity (Wildman–Crippen MR) is 101 cm³/mol. The normalized spacial score (nSPS) is 10.9. The number of aliphatic hydroxyl groups is 1. The van der Waals surface area contributed by atoms with Crippen LogP contribution in [0.15, 0.2) is 61.1 Å². The van der Waals surface area contributed by atoms with Crippen molar-refractivity contribution in [3.05, 3.63) is 66.6 Å². The van der Waals surface area contributed by atoms with Gasteiger partial charge in [0, 0.05) is 24.5 Å². The van der Waals surface area contributed by atoms with Gasteiger partial charge in [0.2, 0.25) is 11.8 Å². The van der Waals surface area contributed by atoms with Gasteiger partial charge in [-0.05, 0) is 18.2 Å². The van der Waals surface area contributed by atoms with E-state index in [0.717, 1.165) is 11.3 Å². The van der Waals surface area contributed by atoms with Gasteiger partial charge in [-0.2, -0.15) is 15.1 Å². The summed E-state index contributed by atoms with van der Waals surface area (Å²) < 4.78 is 7.66. The topological polar surface area (TPSA) is 98.0 Å². The van der Waals surface area contributed by atoms with Crippen LogP contribution in [-0.2, 0) is 6.61 Å². The van der Waals surface area contributed by atoms with Crippen molar-refractivity contribution in [3.63, 3.8) is 0 Å². The van der Waals surface area contributed by atoms with Crippen LogP contribution in [0.4, 0.5) is 5.95 Å². The van der Waals surface area contributed by atoms with Crippen LogP contribution in [0.2, 0.25) is 0 Å². The van der Waals surface area contributed by atoms with Crippen molar-refractivity contribution in [2.24, 2.45) is 0 Å². The maximum Gasteiger partial charge on any atom is 0.229 e. The monoisotopic (exact) mass is 362 g/mol. The van der Waals surface area contributed by atoms with Crippen LogP contribution in [0.3, 0.4) is 0 Å². The molecule has 8 heteroatoms. The molecular weight excluding hydrogens is 344 g/mol. The number of fused-ring (bicyclic) bond motifs is 1. The molecule has 0 fully saturated rings. The lowest BCUT2D eigenvalue weighted by Gasteiger charge is -2.10. The highest BCUT2D eigenvalue weighted by Crippen LogP contribution is 2.26. The average molecular weight is 362 g/mol. The third-order valence-electron chi connectivity index (χ3n) is 3.89. The third-order valence-corrected chi connectivity index (χ3v) is 3.89. The summed E-state index contributed by atoms with van der Waals surface area (Å²) in [6.07, 6.45) is 5.15. The minimum atomic E-state index is -0.0226. The van der Waals surface area contributed by atoms with Crippen molar-refractivity contribution >= 4 is 17.0 Å². The quantitative estimate of drug-likeness (QED) is 0.520. The summed E-state index contributed by atoms with van der Waals surface area (Å²) in [5.41, 5.74) is 2.44. The van der Waals surface area contributed by atoms with E-state index in [1.807, 2.05) is 42.5 Å². The van der Waals surface area contributed by atoms with E-state index in [9.17, 15) is 0 Å². The minimum absolute atomic E-state index is 0.0226. The fraction of sp³-hybridized carbons (Fsp3) is 0.158. The Morgan fingerprint density at radius 2 is 1.93 bits per heavy atom. The zero-order valence-electron chi connectivity index (χ0n) is 14.5. The number of ether oxygens (including phenoxy) is 1. The van der Waals surface area contributed by atoms with E-state index in [4.69, 9.17) is 9.84 Å². The Balaban J connectivity index is 1.73. The zero-order valence-corrected chi connectivity index (χ0v) is 14.5. The molecule has 0 aliphatic heterocycles. The van der Waals surface area contributed by atoms with E-state index in [1.165, 1.54) is 0 Å². The molecule has 27 heavy (non-hydrogen) atoms. The lowest BCUT2D eigenvalue weighted by Crippen LogP contribution is -2.10. The van der Waals surface area contributed by atoms with E-state index >= 15 is 0 Å². The van der Waals surface area contributed by atoms with Gasteiger partial charge < -0.3 is 15.2 Å². The van der Waals surface area contributed by atoms with E-state index in [2.05, 4.69) is 25.4 Å². The number of nitrogens with one attached hydrogen (secondary N) is 1. The maximum absolute atomic E-state index is 9.08. The first kappa shape index (κ1) is 16.9. The van der Waals surface area contributed by atoms with Crippen molar-refractivity contribution in [2.75, 3.05) is 18.5 Å². The molecule has 0 spiro atoms. The van der Waals surface area contributed by atoms with Crippen LogP contribution in [0.1, 0.15) is 5.56 Å². The first-order chi connectivity index (χ1) is 13.3.